The van der Waals surface area contributed by atoms with Crippen LogP contribution in [-0.4, -0.2) is 36.9 Å². The molecule has 0 aliphatic carbocycles. The highest BCUT2D eigenvalue weighted by Gasteiger charge is 2.16. The van der Waals surface area contributed by atoms with Crippen LogP contribution >= 0.6 is 0 Å². The average molecular weight is 286 g/mol. The summed E-state index contributed by atoms with van der Waals surface area (Å²) in [6, 6.07) is -0.628. The maximum atomic E-state index is 11.3. The number of nitrogens with two attached hydrogens (primary N) is 1. The van der Waals surface area contributed by atoms with E-state index in [0.717, 1.165) is 12.8 Å². The van der Waals surface area contributed by atoms with Gasteiger partial charge in [0.25, 0.3) is 0 Å². The second-order valence-electron chi connectivity index (χ2n) is 5.45. The van der Waals surface area contributed by atoms with E-state index in [4.69, 9.17) is 15.2 Å². The highest BCUT2D eigenvalue weighted by molar-refractivity contribution is 5.75. The maximum absolute atomic E-state index is 11.3. The number of hydrogen-bond acceptors (Lipinski definition) is 5. The van der Waals surface area contributed by atoms with E-state index in [1.165, 1.54) is 6.08 Å². The Kier molecular flexibility index (Phi) is 8.63. The van der Waals surface area contributed by atoms with Crippen molar-refractivity contribution in [1.82, 2.24) is 5.32 Å². The molecule has 0 aromatic carbocycles. The molecule has 0 aliphatic rings. The van der Waals surface area contributed by atoms with Crippen LogP contribution in [0.2, 0.25) is 0 Å². The van der Waals surface area contributed by atoms with Gasteiger partial charge < -0.3 is 20.5 Å². The molecule has 0 aromatic heterocycles. The molecule has 116 valence electrons. The molecule has 0 fully saturated rings. The lowest BCUT2D eigenvalue weighted by atomic mass is 10.1. The number of nitrogens with one attached hydrogen (secondary N) is 1. The summed E-state index contributed by atoms with van der Waals surface area (Å²) in [5.74, 6) is -0.426. The third-order valence-electron chi connectivity index (χ3n) is 2.26. The predicted molar refractivity (Wildman–Crippen MR) is 77.2 cm³/mol. The van der Waals surface area contributed by atoms with Crippen molar-refractivity contribution in [2.75, 3.05) is 13.2 Å². The van der Waals surface area contributed by atoms with Crippen LogP contribution in [0.1, 0.15) is 40.0 Å². The Bertz CT molecular complexity index is 324. The van der Waals surface area contributed by atoms with Gasteiger partial charge in [0.1, 0.15) is 18.2 Å². The van der Waals surface area contributed by atoms with E-state index in [-0.39, 0.29) is 6.61 Å². The first kappa shape index (κ1) is 18.4. The molecule has 20 heavy (non-hydrogen) atoms. The molecule has 0 heterocycles. The zero-order valence-corrected chi connectivity index (χ0v) is 12.6. The number of alkyl carbamates (subject to hydrolysis) is 1. The van der Waals surface area contributed by atoms with E-state index in [2.05, 4.69) is 11.9 Å². The molecule has 0 saturated heterocycles. The number of hydrogen-bond donors (Lipinski definition) is 2. The minimum absolute atomic E-state index is 0.173. The van der Waals surface area contributed by atoms with E-state index in [1.807, 2.05) is 0 Å². The third-order valence-corrected chi connectivity index (χ3v) is 2.26. The minimum atomic E-state index is -0.628. The van der Waals surface area contributed by atoms with Gasteiger partial charge >= 0.3 is 12.1 Å². The Morgan fingerprint density at radius 1 is 1.35 bits per heavy atom. The van der Waals surface area contributed by atoms with Crippen LogP contribution in [-0.2, 0) is 14.3 Å². The molecule has 3 N–H and O–H groups in total. The Hall–Kier alpha value is -1.56. The van der Waals surface area contributed by atoms with Crippen molar-refractivity contribution in [2.45, 2.75) is 51.7 Å². The van der Waals surface area contributed by atoms with Gasteiger partial charge in [-0.2, -0.15) is 0 Å². The highest BCUT2D eigenvalue weighted by Crippen LogP contribution is 2.06. The van der Waals surface area contributed by atoms with Crippen molar-refractivity contribution in [3.63, 3.8) is 0 Å². The van der Waals surface area contributed by atoms with E-state index < -0.39 is 23.7 Å². The summed E-state index contributed by atoms with van der Waals surface area (Å²) < 4.78 is 9.92. The van der Waals surface area contributed by atoms with Crippen LogP contribution in [0.5, 0.6) is 0 Å². The predicted octanol–water partition coefficient (Wildman–Crippen LogP) is 1.74. The van der Waals surface area contributed by atoms with Crippen molar-refractivity contribution in [3.8, 4) is 0 Å². The van der Waals surface area contributed by atoms with Crippen molar-refractivity contribution >= 4 is 12.1 Å². The van der Waals surface area contributed by atoms with Crippen LogP contribution in [0.4, 0.5) is 4.79 Å². The molecule has 0 aliphatic heterocycles. The van der Waals surface area contributed by atoms with Gasteiger partial charge in [-0.3, -0.25) is 4.79 Å². The molecule has 0 saturated carbocycles. The fourth-order valence-corrected chi connectivity index (χ4v) is 1.36. The lowest BCUT2D eigenvalue weighted by Crippen LogP contribution is -2.34. The largest absolute Gasteiger partial charge is 0.460 e. The van der Waals surface area contributed by atoms with Gasteiger partial charge in [0.15, 0.2) is 0 Å². The molecule has 6 nitrogen and oxygen atoms in total. The lowest BCUT2D eigenvalue weighted by molar-refractivity contribution is -0.144. The average Bonchev–Trinajstić information content (AvgIpc) is 2.32. The summed E-state index contributed by atoms with van der Waals surface area (Å²) in [6.45, 7) is 9.53. The summed E-state index contributed by atoms with van der Waals surface area (Å²) in [6.07, 6.45) is 3.02. The molecule has 1 atom stereocenters. The number of carbonyl (C=O) groups excluding carboxylic acids is 2. The van der Waals surface area contributed by atoms with Gasteiger partial charge in [-0.15, -0.1) is 0 Å². The maximum Gasteiger partial charge on any atom is 0.407 e. The van der Waals surface area contributed by atoms with Crippen LogP contribution in [0.25, 0.3) is 0 Å². The van der Waals surface area contributed by atoms with Crippen LogP contribution < -0.4 is 11.1 Å². The standard InChI is InChI=1S/C14H26N2O4/c1-5-10-19-12(17)11(15)8-6-7-9-16-13(18)20-14(2,3)4/h5,11H,1,6-10,15H2,2-4H3,(H,16,18)/t11-/m0/s1. The number of esters is 1. The number of ether oxygens (including phenoxy) is 2. The molecule has 1 amide bonds. The molecule has 6 heteroatoms. The zero-order chi connectivity index (χ0) is 15.6. The lowest BCUT2D eigenvalue weighted by Gasteiger charge is -2.19. The van der Waals surface area contributed by atoms with Crippen LogP contribution in [0.3, 0.4) is 0 Å². The van der Waals surface area contributed by atoms with E-state index in [0.29, 0.717) is 13.0 Å². The fourth-order valence-electron chi connectivity index (χ4n) is 1.36. The monoisotopic (exact) mass is 286 g/mol. The number of unbranched alkanes of at least 4 members (excludes halogenated alkanes) is 1. The molecule has 0 unspecified atom stereocenters. The van der Waals surface area contributed by atoms with E-state index in [9.17, 15) is 9.59 Å². The topological polar surface area (TPSA) is 90.6 Å². The summed E-state index contributed by atoms with van der Waals surface area (Å²) in [7, 11) is 0. The smallest absolute Gasteiger partial charge is 0.407 e. The van der Waals surface area contributed by atoms with Crippen molar-refractivity contribution in [1.29, 1.82) is 0 Å². The van der Waals surface area contributed by atoms with Crippen molar-refractivity contribution in [2.24, 2.45) is 5.73 Å². The molecular formula is C14H26N2O4. The number of carbonyl (C=O) groups is 2. The quantitative estimate of drug-likeness (QED) is 0.403. The van der Waals surface area contributed by atoms with Gasteiger partial charge in [-0.25, -0.2) is 4.79 Å². The normalized spacial score (nSPS) is 12.4. The SMILES string of the molecule is C=CCOC(=O)[C@@H](N)CCCCNC(=O)OC(C)(C)C. The van der Waals surface area contributed by atoms with Crippen molar-refractivity contribution < 1.29 is 19.1 Å². The summed E-state index contributed by atoms with van der Waals surface area (Å²) in [5.41, 5.74) is 5.16. The van der Waals surface area contributed by atoms with E-state index >= 15 is 0 Å². The minimum Gasteiger partial charge on any atom is -0.460 e. The van der Waals surface area contributed by atoms with Crippen molar-refractivity contribution in [3.05, 3.63) is 12.7 Å². The number of rotatable bonds is 8. The van der Waals surface area contributed by atoms with Gasteiger partial charge in [0.2, 0.25) is 0 Å². The second kappa shape index (κ2) is 9.36. The summed E-state index contributed by atoms with van der Waals surface area (Å²) in [5, 5.41) is 2.65. The Labute approximate surface area is 120 Å². The van der Waals surface area contributed by atoms with Crippen LogP contribution in [0.15, 0.2) is 12.7 Å². The van der Waals surface area contributed by atoms with Gasteiger partial charge in [-0.1, -0.05) is 12.7 Å². The van der Waals surface area contributed by atoms with Gasteiger partial charge in [-0.05, 0) is 40.0 Å². The second-order valence-corrected chi connectivity index (χ2v) is 5.45. The third kappa shape index (κ3) is 10.4. The Morgan fingerprint density at radius 3 is 2.55 bits per heavy atom. The molecule has 0 spiro atoms. The Morgan fingerprint density at radius 2 is 2.00 bits per heavy atom. The van der Waals surface area contributed by atoms with Crippen LogP contribution in [0, 0.1) is 0 Å². The number of amides is 1. The highest BCUT2D eigenvalue weighted by atomic mass is 16.6. The first-order chi connectivity index (χ1) is 9.26. The first-order valence-electron chi connectivity index (χ1n) is 6.76. The fraction of sp³-hybridized carbons (Fsp3) is 0.714. The first-order valence-corrected chi connectivity index (χ1v) is 6.76. The summed E-state index contributed by atoms with van der Waals surface area (Å²) >= 11 is 0. The van der Waals surface area contributed by atoms with E-state index in [1.54, 1.807) is 20.8 Å². The Balaban J connectivity index is 3.64. The van der Waals surface area contributed by atoms with Gasteiger partial charge in [0, 0.05) is 6.54 Å². The molecule has 0 rings (SSSR count). The van der Waals surface area contributed by atoms with Gasteiger partial charge in [0.05, 0.1) is 0 Å². The molecule has 0 radical (unpaired) electrons. The molecule has 0 aromatic rings. The molecule has 0 bridgehead atoms. The summed E-state index contributed by atoms with van der Waals surface area (Å²) in [4.78, 5) is 22.7. The zero-order valence-electron chi connectivity index (χ0n) is 12.6. The molecular weight excluding hydrogens is 260 g/mol.